The van der Waals surface area contributed by atoms with Gasteiger partial charge in [-0.25, -0.2) is 0 Å². The molecule has 0 bridgehead atoms. The Morgan fingerprint density at radius 3 is 2.23 bits per heavy atom. The Morgan fingerprint density at radius 2 is 1.49 bits per heavy atom. The molecule has 3 atom stereocenters. The van der Waals surface area contributed by atoms with E-state index in [4.69, 9.17) is 24.1 Å². The van der Waals surface area contributed by atoms with Gasteiger partial charge in [0.2, 0.25) is 0 Å². The van der Waals surface area contributed by atoms with Gasteiger partial charge < -0.3 is 34.5 Å². The third-order valence-corrected chi connectivity index (χ3v) is 7.77. The third kappa shape index (κ3) is 9.60. The smallest absolute Gasteiger partial charge is 0.119 e. The number of nitrogens with one attached hydrogen (secondary N) is 1. The van der Waals surface area contributed by atoms with E-state index >= 15 is 0 Å². The quantitative estimate of drug-likeness (QED) is 0.153. The van der Waals surface area contributed by atoms with Crippen molar-refractivity contribution in [1.82, 2.24) is 5.32 Å². The van der Waals surface area contributed by atoms with Crippen LogP contribution in [0.4, 0.5) is 0 Å². The first-order chi connectivity index (χ1) is 21.2. The average molecular weight is 586 g/mol. The summed E-state index contributed by atoms with van der Waals surface area (Å²) in [5, 5.41) is 24.2. The minimum atomic E-state index is -0.845. The summed E-state index contributed by atoms with van der Waals surface area (Å²) in [5.74, 6) is 1.21. The molecule has 0 spiro atoms. The maximum atomic E-state index is 9.45. The summed E-state index contributed by atoms with van der Waals surface area (Å²) in [6, 6.07) is 31.3. The van der Waals surface area contributed by atoms with E-state index in [-0.39, 0.29) is 19.3 Å². The second-order valence-corrected chi connectivity index (χ2v) is 11.1. The van der Waals surface area contributed by atoms with Gasteiger partial charge in [0, 0.05) is 18.9 Å². The summed E-state index contributed by atoms with van der Waals surface area (Å²) in [6.07, 6.45) is 1.12. The predicted molar refractivity (Wildman–Crippen MR) is 168 cm³/mol. The second-order valence-electron chi connectivity index (χ2n) is 11.1. The number of hydrogen-bond donors (Lipinski definition) is 3. The number of hydrogen-bond acceptors (Lipinski definition) is 7. The molecule has 228 valence electrons. The van der Waals surface area contributed by atoms with E-state index in [9.17, 15) is 5.11 Å². The van der Waals surface area contributed by atoms with Crippen molar-refractivity contribution in [2.75, 3.05) is 39.5 Å². The Labute approximate surface area is 254 Å². The fraction of sp³-hybridized carbons (Fsp3) is 0.389. The van der Waals surface area contributed by atoms with Crippen molar-refractivity contribution < 1.29 is 29.2 Å². The van der Waals surface area contributed by atoms with Gasteiger partial charge in [0.25, 0.3) is 0 Å². The number of aliphatic hydroxyl groups excluding tert-OH is 2. The van der Waals surface area contributed by atoms with E-state index in [2.05, 4.69) is 72.0 Å². The molecule has 43 heavy (non-hydrogen) atoms. The van der Waals surface area contributed by atoms with Crippen molar-refractivity contribution in [1.29, 1.82) is 0 Å². The fourth-order valence-corrected chi connectivity index (χ4v) is 5.41. The largest absolute Gasteiger partial charge is 0.494 e. The van der Waals surface area contributed by atoms with Crippen LogP contribution in [0.15, 0.2) is 91.0 Å². The second kappa shape index (κ2) is 16.5. The molecule has 1 heterocycles. The SMILES string of the molecule is OC[C@H](O)COCc1ccc2cc(CO[C@H]3CNCC[C@H]3c3ccc(OCCCOCc4ccccc4)cc3)ccc2c1. The Balaban J connectivity index is 1.08. The lowest BCUT2D eigenvalue weighted by atomic mass is 9.87. The first-order valence-electron chi connectivity index (χ1n) is 15.2. The molecule has 0 amide bonds. The van der Waals surface area contributed by atoms with Gasteiger partial charge >= 0.3 is 0 Å². The Kier molecular flexibility index (Phi) is 12.0. The van der Waals surface area contributed by atoms with Crippen LogP contribution >= 0.6 is 0 Å². The van der Waals surface area contributed by atoms with Crippen molar-refractivity contribution in [2.45, 2.75) is 50.8 Å². The lowest BCUT2D eigenvalue weighted by Crippen LogP contribution is -2.40. The van der Waals surface area contributed by atoms with Gasteiger partial charge in [-0.2, -0.15) is 0 Å². The number of fused-ring (bicyclic) bond motifs is 1. The molecule has 4 aromatic carbocycles. The van der Waals surface area contributed by atoms with Gasteiger partial charge in [0.15, 0.2) is 0 Å². The lowest BCUT2D eigenvalue weighted by molar-refractivity contribution is 0.0000498. The zero-order valence-corrected chi connectivity index (χ0v) is 24.7. The summed E-state index contributed by atoms with van der Waals surface area (Å²) in [5.41, 5.74) is 4.64. The van der Waals surface area contributed by atoms with Gasteiger partial charge in [-0.05, 0) is 70.3 Å². The molecule has 0 radical (unpaired) electrons. The zero-order valence-electron chi connectivity index (χ0n) is 24.7. The van der Waals surface area contributed by atoms with Crippen molar-refractivity contribution >= 4 is 10.8 Å². The Morgan fingerprint density at radius 1 is 0.767 bits per heavy atom. The summed E-state index contributed by atoms with van der Waals surface area (Å²) in [7, 11) is 0. The molecule has 7 heteroatoms. The maximum Gasteiger partial charge on any atom is 0.119 e. The van der Waals surface area contributed by atoms with Gasteiger partial charge in [-0.1, -0.05) is 66.7 Å². The molecule has 1 aliphatic rings. The lowest BCUT2D eigenvalue weighted by Gasteiger charge is -2.32. The summed E-state index contributed by atoms with van der Waals surface area (Å²) < 4.78 is 23.7. The molecular weight excluding hydrogens is 542 g/mol. The summed E-state index contributed by atoms with van der Waals surface area (Å²) in [6.45, 7) is 4.50. The third-order valence-electron chi connectivity index (χ3n) is 7.77. The van der Waals surface area contributed by atoms with Crippen molar-refractivity contribution in [3.8, 4) is 5.75 Å². The molecule has 0 aromatic heterocycles. The topological polar surface area (TPSA) is 89.4 Å². The molecule has 0 aliphatic carbocycles. The normalized spacial score (nSPS) is 17.6. The average Bonchev–Trinajstić information content (AvgIpc) is 3.06. The monoisotopic (exact) mass is 585 g/mol. The molecule has 1 aliphatic heterocycles. The highest BCUT2D eigenvalue weighted by Gasteiger charge is 2.27. The van der Waals surface area contributed by atoms with Gasteiger partial charge in [0.05, 0.1) is 52.4 Å². The van der Waals surface area contributed by atoms with E-state index in [1.54, 1.807) is 0 Å². The molecule has 1 fully saturated rings. The van der Waals surface area contributed by atoms with Crippen LogP contribution in [0.1, 0.15) is 41.0 Å². The van der Waals surface area contributed by atoms with Crippen LogP contribution in [0.25, 0.3) is 10.8 Å². The zero-order chi connectivity index (χ0) is 29.7. The predicted octanol–water partition coefficient (Wildman–Crippen LogP) is 5.36. The molecule has 7 nitrogen and oxygen atoms in total. The van der Waals surface area contributed by atoms with E-state index in [0.717, 1.165) is 53.6 Å². The van der Waals surface area contributed by atoms with Crippen molar-refractivity contribution in [3.63, 3.8) is 0 Å². The molecular formula is C36H43NO6. The van der Waals surface area contributed by atoms with Gasteiger partial charge in [-0.15, -0.1) is 0 Å². The van der Waals surface area contributed by atoms with Crippen LogP contribution in [0.3, 0.4) is 0 Å². The highest BCUT2D eigenvalue weighted by Crippen LogP contribution is 2.30. The number of piperidine rings is 1. The van der Waals surface area contributed by atoms with E-state index in [1.807, 2.05) is 24.3 Å². The van der Waals surface area contributed by atoms with Crippen LogP contribution in [0.2, 0.25) is 0 Å². The first kappa shape index (κ1) is 31.1. The maximum absolute atomic E-state index is 9.45. The van der Waals surface area contributed by atoms with Crippen LogP contribution in [0, 0.1) is 0 Å². The standard InChI is InChI=1S/C36H43NO6/c38-22-33(39)26-41-24-28-7-9-32-20-29(8-10-31(32)19-28)25-43-36-21-37-16-15-35(36)30-11-13-34(14-12-30)42-18-4-17-40-23-27-5-2-1-3-6-27/h1-3,5-14,19-20,33,35-39H,4,15-18,21-26H2/t33-,35-,36-/m0/s1. The van der Waals surface area contributed by atoms with Crippen LogP contribution in [0.5, 0.6) is 5.75 Å². The number of benzene rings is 4. The number of ether oxygens (including phenoxy) is 4. The van der Waals surface area contributed by atoms with Gasteiger partial charge in [0.1, 0.15) is 11.9 Å². The summed E-state index contributed by atoms with van der Waals surface area (Å²) in [4.78, 5) is 0. The highest BCUT2D eigenvalue weighted by atomic mass is 16.5. The van der Waals surface area contributed by atoms with Crippen molar-refractivity contribution in [3.05, 3.63) is 113 Å². The number of aliphatic hydroxyl groups is 2. The minimum Gasteiger partial charge on any atom is -0.494 e. The van der Waals surface area contributed by atoms with E-state index in [0.29, 0.717) is 39.0 Å². The van der Waals surface area contributed by atoms with Crippen molar-refractivity contribution in [2.24, 2.45) is 0 Å². The molecule has 4 aromatic rings. The number of rotatable bonds is 16. The fourth-order valence-electron chi connectivity index (χ4n) is 5.41. The molecule has 5 rings (SSSR count). The molecule has 3 N–H and O–H groups in total. The van der Waals surface area contributed by atoms with Crippen LogP contribution < -0.4 is 10.1 Å². The van der Waals surface area contributed by atoms with Gasteiger partial charge in [-0.3, -0.25) is 0 Å². The minimum absolute atomic E-state index is 0.0896. The Hall–Kier alpha value is -3.30. The van der Waals surface area contributed by atoms with Crippen LogP contribution in [-0.4, -0.2) is 61.9 Å². The van der Waals surface area contributed by atoms with Crippen LogP contribution in [-0.2, 0) is 34.0 Å². The highest BCUT2D eigenvalue weighted by molar-refractivity contribution is 5.83. The molecule has 0 unspecified atom stereocenters. The van der Waals surface area contributed by atoms with E-state index in [1.165, 1.54) is 11.1 Å². The summed E-state index contributed by atoms with van der Waals surface area (Å²) >= 11 is 0. The van der Waals surface area contributed by atoms with E-state index < -0.39 is 6.10 Å². The Bertz CT molecular complexity index is 1380. The first-order valence-corrected chi connectivity index (χ1v) is 15.2. The molecule has 1 saturated heterocycles. The molecule has 0 saturated carbocycles.